The Morgan fingerprint density at radius 2 is 1.76 bits per heavy atom. The second-order valence-corrected chi connectivity index (χ2v) is 8.82. The fraction of sp³-hybridized carbons (Fsp3) is 0.440. The summed E-state index contributed by atoms with van der Waals surface area (Å²) in [6.45, 7) is 4.15. The second-order valence-electron chi connectivity index (χ2n) is 8.82. The predicted octanol–water partition coefficient (Wildman–Crippen LogP) is 3.02. The van der Waals surface area contributed by atoms with E-state index in [1.165, 1.54) is 24.4 Å². The van der Waals surface area contributed by atoms with Gasteiger partial charge in [-0.05, 0) is 37.1 Å². The number of ether oxygens (including phenoxy) is 3. The second kappa shape index (κ2) is 10.1. The van der Waals surface area contributed by atoms with Crippen LogP contribution in [-0.2, 0) is 6.54 Å². The molecule has 1 N–H and O–H groups in total. The maximum atomic E-state index is 13.0. The van der Waals surface area contributed by atoms with Crippen LogP contribution < -0.4 is 25.5 Å². The number of halogens is 1. The van der Waals surface area contributed by atoms with Crippen molar-refractivity contribution in [1.29, 1.82) is 0 Å². The van der Waals surface area contributed by atoms with Crippen molar-refractivity contribution in [2.24, 2.45) is 5.92 Å². The normalized spacial score (nSPS) is 19.1. The highest BCUT2D eigenvalue weighted by molar-refractivity contribution is 5.85. The minimum Gasteiger partial charge on any atom is -0.493 e. The van der Waals surface area contributed by atoms with Crippen LogP contribution in [0.1, 0.15) is 24.3 Å². The Labute approximate surface area is 203 Å². The zero-order valence-corrected chi connectivity index (χ0v) is 20.2. The number of aromatic amines is 1. The van der Waals surface area contributed by atoms with E-state index in [2.05, 4.69) is 28.1 Å². The van der Waals surface area contributed by atoms with Crippen LogP contribution >= 0.6 is 12.4 Å². The minimum absolute atomic E-state index is 0. The molecule has 9 heteroatoms. The first-order valence-corrected chi connectivity index (χ1v) is 11.4. The van der Waals surface area contributed by atoms with Crippen molar-refractivity contribution < 1.29 is 14.2 Å². The van der Waals surface area contributed by atoms with Gasteiger partial charge in [0.1, 0.15) is 5.75 Å². The lowest BCUT2D eigenvalue weighted by Crippen LogP contribution is -2.35. The number of likely N-dealkylation sites (tertiary alicyclic amines) is 1. The fourth-order valence-electron chi connectivity index (χ4n) is 5.17. The molecule has 3 heterocycles. The molecule has 34 heavy (non-hydrogen) atoms. The van der Waals surface area contributed by atoms with Crippen LogP contribution in [0.2, 0.25) is 0 Å². The molecule has 0 saturated carbocycles. The molecule has 0 amide bonds. The van der Waals surface area contributed by atoms with Crippen LogP contribution in [0.4, 0.5) is 0 Å². The Morgan fingerprint density at radius 3 is 2.56 bits per heavy atom. The van der Waals surface area contributed by atoms with Gasteiger partial charge in [-0.15, -0.1) is 12.4 Å². The van der Waals surface area contributed by atoms with Crippen LogP contribution in [-0.4, -0.2) is 54.9 Å². The summed E-state index contributed by atoms with van der Waals surface area (Å²) < 4.78 is 17.8. The summed E-state index contributed by atoms with van der Waals surface area (Å²) in [6, 6.07) is 11.6. The number of aromatic nitrogens is 2. The molecule has 3 aromatic rings. The SMILES string of the molecule is COc1cc2[nH]c(=O)n(CCCCN3C[C@@H]4COc5ccccc5[C@H]4C3)c(=O)c2cc1OC.Cl. The summed E-state index contributed by atoms with van der Waals surface area (Å²) in [6.07, 6.45) is 1.67. The predicted molar refractivity (Wildman–Crippen MR) is 133 cm³/mol. The lowest BCUT2D eigenvalue weighted by atomic mass is 9.87. The first-order valence-electron chi connectivity index (χ1n) is 11.4. The fourth-order valence-corrected chi connectivity index (χ4v) is 5.17. The first kappa shape index (κ1) is 24.2. The van der Waals surface area contributed by atoms with E-state index in [9.17, 15) is 9.59 Å². The van der Waals surface area contributed by atoms with Gasteiger partial charge in [-0.2, -0.15) is 0 Å². The molecular weight excluding hydrogens is 458 g/mol. The third-order valence-corrected chi connectivity index (χ3v) is 6.88. The monoisotopic (exact) mass is 487 g/mol. The first-order chi connectivity index (χ1) is 16.1. The largest absolute Gasteiger partial charge is 0.493 e. The van der Waals surface area contributed by atoms with E-state index in [0.29, 0.717) is 40.8 Å². The number of para-hydroxylation sites is 1. The molecule has 2 aromatic carbocycles. The van der Waals surface area contributed by atoms with E-state index < -0.39 is 5.69 Å². The van der Waals surface area contributed by atoms with Gasteiger partial charge in [0.05, 0.1) is 31.7 Å². The Morgan fingerprint density at radius 1 is 1.03 bits per heavy atom. The molecule has 5 rings (SSSR count). The van der Waals surface area contributed by atoms with Crippen molar-refractivity contribution in [3.8, 4) is 17.2 Å². The Balaban J connectivity index is 0.00000274. The lowest BCUT2D eigenvalue weighted by Gasteiger charge is -2.27. The standard InChI is InChI=1S/C25H29N3O5.ClH/c1-31-22-11-18-20(12-23(22)32-2)26-25(30)28(24(18)29)10-6-5-9-27-13-16-15-33-21-8-4-3-7-17(21)19(16)14-27;/h3-4,7-8,11-12,16,19H,5-6,9-10,13-15H2,1-2H3,(H,26,30);1H/t16-,19+;/m1./s1. The van der Waals surface area contributed by atoms with Crippen LogP contribution in [0.25, 0.3) is 10.9 Å². The number of benzene rings is 2. The van der Waals surface area contributed by atoms with Crippen LogP contribution in [0.5, 0.6) is 17.2 Å². The van der Waals surface area contributed by atoms with Gasteiger partial charge in [-0.1, -0.05) is 18.2 Å². The maximum Gasteiger partial charge on any atom is 0.328 e. The number of rotatable bonds is 7. The Bertz CT molecular complexity index is 1290. The molecule has 0 unspecified atom stereocenters. The van der Waals surface area contributed by atoms with Gasteiger partial charge < -0.3 is 24.1 Å². The topological polar surface area (TPSA) is 85.8 Å². The van der Waals surface area contributed by atoms with Gasteiger partial charge in [-0.3, -0.25) is 9.36 Å². The molecule has 0 bridgehead atoms. The minimum atomic E-state index is -0.402. The molecule has 182 valence electrons. The van der Waals surface area contributed by atoms with Crippen LogP contribution in [0.3, 0.4) is 0 Å². The van der Waals surface area contributed by atoms with E-state index in [4.69, 9.17) is 14.2 Å². The summed E-state index contributed by atoms with van der Waals surface area (Å²) in [5.41, 5.74) is 1.05. The van der Waals surface area contributed by atoms with E-state index in [1.54, 1.807) is 12.1 Å². The summed E-state index contributed by atoms with van der Waals surface area (Å²) in [7, 11) is 3.04. The molecule has 0 spiro atoms. The molecule has 1 fully saturated rings. The third kappa shape index (κ3) is 4.40. The van der Waals surface area contributed by atoms with Gasteiger partial charge >= 0.3 is 5.69 Å². The molecular formula is C25H30ClN3O5. The number of nitrogens with one attached hydrogen (secondary N) is 1. The van der Waals surface area contributed by atoms with Crippen molar-refractivity contribution in [3.05, 3.63) is 62.8 Å². The summed E-state index contributed by atoms with van der Waals surface area (Å²) in [5, 5.41) is 0.412. The number of nitrogens with zero attached hydrogens (tertiary/aromatic N) is 2. The average molecular weight is 488 g/mol. The Hall–Kier alpha value is -2.97. The van der Waals surface area contributed by atoms with Crippen molar-refractivity contribution >= 4 is 23.3 Å². The van der Waals surface area contributed by atoms with Crippen molar-refractivity contribution in [3.63, 3.8) is 0 Å². The van der Waals surface area contributed by atoms with Gasteiger partial charge in [-0.25, -0.2) is 4.79 Å². The number of fused-ring (bicyclic) bond motifs is 4. The smallest absolute Gasteiger partial charge is 0.328 e. The third-order valence-electron chi connectivity index (χ3n) is 6.88. The highest BCUT2D eigenvalue weighted by Gasteiger charge is 2.38. The van der Waals surface area contributed by atoms with Gasteiger partial charge in [0.15, 0.2) is 11.5 Å². The molecule has 0 aliphatic carbocycles. The summed E-state index contributed by atoms with van der Waals surface area (Å²) in [5.74, 6) is 2.99. The molecule has 2 atom stereocenters. The molecule has 8 nitrogen and oxygen atoms in total. The van der Waals surface area contributed by atoms with Crippen molar-refractivity contribution in [2.45, 2.75) is 25.3 Å². The number of hydrogen-bond donors (Lipinski definition) is 1. The van der Waals surface area contributed by atoms with Crippen LogP contribution in [0.15, 0.2) is 46.0 Å². The molecule has 0 radical (unpaired) electrons. The summed E-state index contributed by atoms with van der Waals surface area (Å²) in [4.78, 5) is 30.8. The Kier molecular flexibility index (Phi) is 7.19. The van der Waals surface area contributed by atoms with Gasteiger partial charge in [0, 0.05) is 37.5 Å². The number of unbranched alkanes of at least 4 members (excludes halogenated alkanes) is 1. The highest BCUT2D eigenvalue weighted by Crippen LogP contribution is 2.41. The number of methoxy groups -OCH3 is 2. The molecule has 1 aromatic heterocycles. The maximum absolute atomic E-state index is 13.0. The molecule has 1 saturated heterocycles. The zero-order chi connectivity index (χ0) is 22.9. The van der Waals surface area contributed by atoms with E-state index in [1.807, 2.05) is 6.07 Å². The van der Waals surface area contributed by atoms with E-state index in [0.717, 1.165) is 44.8 Å². The van der Waals surface area contributed by atoms with E-state index >= 15 is 0 Å². The van der Waals surface area contributed by atoms with Gasteiger partial charge in [0.25, 0.3) is 5.56 Å². The van der Waals surface area contributed by atoms with Crippen LogP contribution in [0, 0.1) is 5.92 Å². The van der Waals surface area contributed by atoms with Crippen molar-refractivity contribution in [1.82, 2.24) is 14.5 Å². The molecule has 2 aliphatic heterocycles. The van der Waals surface area contributed by atoms with Crippen molar-refractivity contribution in [2.75, 3.05) is 40.5 Å². The summed E-state index contributed by atoms with van der Waals surface area (Å²) >= 11 is 0. The quantitative estimate of drug-likeness (QED) is 0.516. The highest BCUT2D eigenvalue weighted by atomic mass is 35.5. The lowest BCUT2D eigenvalue weighted by molar-refractivity contribution is 0.212. The van der Waals surface area contributed by atoms with E-state index in [-0.39, 0.29) is 18.0 Å². The van der Waals surface area contributed by atoms with Gasteiger partial charge in [0.2, 0.25) is 0 Å². The zero-order valence-electron chi connectivity index (χ0n) is 19.4. The molecule has 2 aliphatic rings. The number of hydrogen-bond acceptors (Lipinski definition) is 6. The average Bonchev–Trinajstić information content (AvgIpc) is 3.26. The number of H-pyrrole nitrogens is 1.